The lowest BCUT2D eigenvalue weighted by Crippen LogP contribution is -1.83. The zero-order valence-electron chi connectivity index (χ0n) is 10.1. The number of nitrogens with zero attached hydrogens (tertiary/aromatic N) is 1. The van der Waals surface area contributed by atoms with Crippen LogP contribution in [0.2, 0.25) is 0 Å². The molecule has 0 atom stereocenters. The molecule has 0 amide bonds. The first-order chi connectivity index (χ1) is 8.84. The van der Waals surface area contributed by atoms with Crippen LogP contribution < -0.4 is 0 Å². The van der Waals surface area contributed by atoms with Crippen molar-refractivity contribution in [1.82, 2.24) is 4.98 Å². The van der Waals surface area contributed by atoms with Gasteiger partial charge in [0.05, 0.1) is 0 Å². The molecular formula is C16H12NS. The van der Waals surface area contributed by atoms with Gasteiger partial charge in [-0.05, 0) is 23.6 Å². The summed E-state index contributed by atoms with van der Waals surface area (Å²) < 4.78 is 0. The second-order valence-electron chi connectivity index (χ2n) is 4.17. The molecule has 1 nitrogen and oxygen atoms in total. The van der Waals surface area contributed by atoms with Crippen LogP contribution in [-0.2, 0) is 0 Å². The standard InChI is InChI=1S/C16H12NS/c1-12-4-2-3-5-15(12)13-6-8-14(9-7-13)16-17-10-11-18-16/h2-9,11H,1H3. The van der Waals surface area contributed by atoms with E-state index in [9.17, 15) is 0 Å². The third-order valence-corrected chi connectivity index (χ3v) is 3.75. The molecule has 0 bridgehead atoms. The van der Waals surface area contributed by atoms with Crippen molar-refractivity contribution in [3.63, 3.8) is 0 Å². The van der Waals surface area contributed by atoms with Gasteiger partial charge in [0, 0.05) is 10.9 Å². The van der Waals surface area contributed by atoms with Crippen molar-refractivity contribution in [2.24, 2.45) is 0 Å². The van der Waals surface area contributed by atoms with Crippen molar-refractivity contribution in [1.29, 1.82) is 0 Å². The number of thiazole rings is 1. The Morgan fingerprint density at radius 3 is 2.33 bits per heavy atom. The van der Waals surface area contributed by atoms with Gasteiger partial charge in [-0.3, -0.25) is 0 Å². The van der Waals surface area contributed by atoms with Crippen LogP contribution >= 0.6 is 11.3 Å². The smallest absolute Gasteiger partial charge is 0.124 e. The van der Waals surface area contributed by atoms with Crippen LogP contribution in [0.5, 0.6) is 0 Å². The molecule has 0 unspecified atom stereocenters. The molecule has 0 N–H and O–H groups in total. The topological polar surface area (TPSA) is 12.9 Å². The van der Waals surface area contributed by atoms with Gasteiger partial charge in [0.15, 0.2) is 0 Å². The summed E-state index contributed by atoms with van der Waals surface area (Å²) in [6.07, 6.45) is 2.85. The quantitative estimate of drug-likeness (QED) is 0.648. The number of hydrogen-bond donors (Lipinski definition) is 0. The number of benzene rings is 2. The summed E-state index contributed by atoms with van der Waals surface area (Å²) in [5.41, 5.74) is 4.98. The highest BCUT2D eigenvalue weighted by Crippen LogP contribution is 2.27. The fourth-order valence-electron chi connectivity index (χ4n) is 2.02. The molecule has 87 valence electrons. The summed E-state index contributed by atoms with van der Waals surface area (Å²) in [5.74, 6) is 0. The van der Waals surface area contributed by atoms with E-state index < -0.39 is 0 Å². The highest BCUT2D eigenvalue weighted by Gasteiger charge is 2.03. The average Bonchev–Trinajstić information content (AvgIpc) is 2.94. The molecule has 0 aliphatic heterocycles. The molecular weight excluding hydrogens is 238 g/mol. The Morgan fingerprint density at radius 2 is 1.67 bits per heavy atom. The maximum absolute atomic E-state index is 4.20. The van der Waals surface area contributed by atoms with Gasteiger partial charge in [-0.15, -0.1) is 11.3 Å². The van der Waals surface area contributed by atoms with Crippen LogP contribution in [-0.4, -0.2) is 4.98 Å². The van der Waals surface area contributed by atoms with Gasteiger partial charge in [-0.2, -0.15) is 0 Å². The van der Waals surface area contributed by atoms with E-state index in [0.29, 0.717) is 0 Å². The van der Waals surface area contributed by atoms with Crippen LogP contribution in [0.4, 0.5) is 0 Å². The monoisotopic (exact) mass is 250 g/mol. The highest BCUT2D eigenvalue weighted by atomic mass is 32.1. The summed E-state index contributed by atoms with van der Waals surface area (Å²) in [6, 6.07) is 17.0. The van der Waals surface area contributed by atoms with E-state index >= 15 is 0 Å². The summed E-state index contributed by atoms with van der Waals surface area (Å²) in [4.78, 5) is 4.20. The van der Waals surface area contributed by atoms with Gasteiger partial charge < -0.3 is 0 Å². The Morgan fingerprint density at radius 1 is 0.944 bits per heavy atom. The van der Waals surface area contributed by atoms with E-state index in [1.165, 1.54) is 16.7 Å². The van der Waals surface area contributed by atoms with Gasteiger partial charge in [0.2, 0.25) is 0 Å². The van der Waals surface area contributed by atoms with Crippen LogP contribution in [0.15, 0.2) is 53.9 Å². The molecule has 1 aromatic heterocycles. The number of hydrogen-bond acceptors (Lipinski definition) is 2. The lowest BCUT2D eigenvalue weighted by molar-refractivity contribution is 1.39. The molecule has 3 rings (SSSR count). The zero-order chi connectivity index (χ0) is 12.4. The molecule has 0 fully saturated rings. The van der Waals surface area contributed by atoms with Crippen molar-refractivity contribution in [2.45, 2.75) is 6.92 Å². The van der Waals surface area contributed by atoms with E-state index in [1.807, 2.05) is 5.38 Å². The van der Waals surface area contributed by atoms with Gasteiger partial charge in [-0.25, -0.2) is 4.98 Å². The third kappa shape index (κ3) is 2.07. The van der Waals surface area contributed by atoms with Crippen LogP contribution in [0.1, 0.15) is 5.56 Å². The lowest BCUT2D eigenvalue weighted by Gasteiger charge is -2.06. The van der Waals surface area contributed by atoms with E-state index in [2.05, 4.69) is 66.6 Å². The average molecular weight is 250 g/mol. The predicted octanol–water partition coefficient (Wildman–Crippen LogP) is 4.59. The van der Waals surface area contributed by atoms with Crippen LogP contribution in [0, 0.1) is 13.1 Å². The van der Waals surface area contributed by atoms with Gasteiger partial charge in [-0.1, -0.05) is 48.5 Å². The van der Waals surface area contributed by atoms with Crippen molar-refractivity contribution in [3.8, 4) is 21.7 Å². The molecule has 1 heterocycles. The van der Waals surface area contributed by atoms with Gasteiger partial charge >= 0.3 is 0 Å². The Bertz CT molecular complexity index is 639. The Hall–Kier alpha value is -1.93. The number of rotatable bonds is 2. The maximum atomic E-state index is 4.20. The molecule has 0 saturated heterocycles. The Labute approximate surface area is 111 Å². The zero-order valence-corrected chi connectivity index (χ0v) is 10.9. The summed E-state index contributed by atoms with van der Waals surface area (Å²) in [7, 11) is 0. The summed E-state index contributed by atoms with van der Waals surface area (Å²) in [6.45, 7) is 2.14. The Kier molecular flexibility index (Phi) is 2.95. The molecule has 0 spiro atoms. The SMILES string of the molecule is Cc1ccccc1-c1ccc(-c2n[c]cs2)cc1. The van der Waals surface area contributed by atoms with Gasteiger partial charge in [0.1, 0.15) is 11.2 Å². The van der Waals surface area contributed by atoms with E-state index in [4.69, 9.17) is 0 Å². The minimum atomic E-state index is 1.02. The molecule has 1 radical (unpaired) electrons. The number of aromatic nitrogens is 1. The molecule has 18 heavy (non-hydrogen) atoms. The molecule has 2 heteroatoms. The first kappa shape index (κ1) is 11.2. The second kappa shape index (κ2) is 4.75. The second-order valence-corrected chi connectivity index (χ2v) is 5.03. The minimum absolute atomic E-state index is 1.02. The van der Waals surface area contributed by atoms with Crippen molar-refractivity contribution < 1.29 is 0 Å². The van der Waals surface area contributed by atoms with E-state index in [-0.39, 0.29) is 0 Å². The predicted molar refractivity (Wildman–Crippen MR) is 76.6 cm³/mol. The molecule has 0 aliphatic rings. The number of aryl methyl sites for hydroxylation is 1. The third-order valence-electron chi connectivity index (χ3n) is 2.98. The molecule has 2 aromatic carbocycles. The van der Waals surface area contributed by atoms with Crippen molar-refractivity contribution in [3.05, 3.63) is 65.7 Å². The normalized spacial score (nSPS) is 10.5. The summed E-state index contributed by atoms with van der Waals surface area (Å²) >= 11 is 1.61. The molecule has 0 saturated carbocycles. The fraction of sp³-hybridized carbons (Fsp3) is 0.0625. The summed E-state index contributed by atoms with van der Waals surface area (Å²) in [5, 5.41) is 2.90. The van der Waals surface area contributed by atoms with Crippen molar-refractivity contribution >= 4 is 11.3 Å². The highest BCUT2D eigenvalue weighted by molar-refractivity contribution is 7.13. The molecule has 3 aromatic rings. The van der Waals surface area contributed by atoms with Crippen LogP contribution in [0.3, 0.4) is 0 Å². The van der Waals surface area contributed by atoms with Gasteiger partial charge in [0.25, 0.3) is 0 Å². The largest absolute Gasteiger partial charge is 0.234 e. The van der Waals surface area contributed by atoms with E-state index in [1.54, 1.807) is 11.3 Å². The Balaban J connectivity index is 1.99. The van der Waals surface area contributed by atoms with Crippen molar-refractivity contribution in [2.75, 3.05) is 0 Å². The maximum Gasteiger partial charge on any atom is 0.124 e. The lowest BCUT2D eigenvalue weighted by atomic mass is 10.00. The van der Waals surface area contributed by atoms with Crippen LogP contribution in [0.25, 0.3) is 21.7 Å². The molecule has 0 aliphatic carbocycles. The first-order valence-corrected chi connectivity index (χ1v) is 6.70. The minimum Gasteiger partial charge on any atom is -0.234 e. The fourth-order valence-corrected chi connectivity index (χ4v) is 2.61. The first-order valence-electron chi connectivity index (χ1n) is 5.82. The van der Waals surface area contributed by atoms with E-state index in [0.717, 1.165) is 10.6 Å².